The summed E-state index contributed by atoms with van der Waals surface area (Å²) in [5.41, 5.74) is 1.97. The van der Waals surface area contributed by atoms with Crippen molar-refractivity contribution in [1.29, 1.82) is 0 Å². The van der Waals surface area contributed by atoms with Gasteiger partial charge in [-0.2, -0.15) is 0 Å². The van der Waals surface area contributed by atoms with Gasteiger partial charge in [-0.1, -0.05) is 44.2 Å². The highest BCUT2D eigenvalue weighted by molar-refractivity contribution is 5.92. The first kappa shape index (κ1) is 23.3. The SMILES string of the molecule is CCN(CC)C(CNC(=O)/C=C/c1cc(OC)c(OC)c(OC)c1)c1ccccc1. The molecule has 0 fully saturated rings. The van der Waals surface area contributed by atoms with Crippen LogP contribution in [-0.2, 0) is 4.79 Å². The average Bonchev–Trinajstić information content (AvgIpc) is 2.80. The van der Waals surface area contributed by atoms with Crippen molar-refractivity contribution in [2.45, 2.75) is 19.9 Å². The van der Waals surface area contributed by atoms with Crippen molar-refractivity contribution in [3.63, 3.8) is 0 Å². The van der Waals surface area contributed by atoms with Crippen LogP contribution in [0.25, 0.3) is 6.08 Å². The summed E-state index contributed by atoms with van der Waals surface area (Å²) in [6.07, 6.45) is 3.25. The van der Waals surface area contributed by atoms with Crippen LogP contribution >= 0.6 is 0 Å². The number of ether oxygens (including phenoxy) is 3. The van der Waals surface area contributed by atoms with Gasteiger partial charge in [0.25, 0.3) is 0 Å². The second-order valence-corrected chi connectivity index (χ2v) is 6.68. The molecule has 0 bridgehead atoms. The first-order valence-electron chi connectivity index (χ1n) is 10.1. The van der Waals surface area contributed by atoms with E-state index in [9.17, 15) is 4.79 Å². The Labute approximate surface area is 179 Å². The molecule has 1 N–H and O–H groups in total. The van der Waals surface area contributed by atoms with Gasteiger partial charge in [-0.3, -0.25) is 9.69 Å². The van der Waals surface area contributed by atoms with Gasteiger partial charge in [0, 0.05) is 12.6 Å². The first-order valence-corrected chi connectivity index (χ1v) is 10.1. The fraction of sp³-hybridized carbons (Fsp3) is 0.375. The molecule has 1 amide bonds. The van der Waals surface area contributed by atoms with E-state index in [1.165, 1.54) is 11.6 Å². The summed E-state index contributed by atoms with van der Waals surface area (Å²) in [5.74, 6) is 1.45. The Kier molecular flexibility index (Phi) is 9.22. The molecular weight excluding hydrogens is 380 g/mol. The molecule has 6 nitrogen and oxygen atoms in total. The van der Waals surface area contributed by atoms with E-state index in [-0.39, 0.29) is 11.9 Å². The molecule has 1 atom stereocenters. The second kappa shape index (κ2) is 11.9. The van der Waals surface area contributed by atoms with E-state index in [1.54, 1.807) is 39.5 Å². The molecule has 0 saturated heterocycles. The van der Waals surface area contributed by atoms with Gasteiger partial charge in [0.2, 0.25) is 11.7 Å². The molecule has 2 aromatic carbocycles. The van der Waals surface area contributed by atoms with Gasteiger partial charge in [-0.05, 0) is 42.4 Å². The maximum Gasteiger partial charge on any atom is 0.244 e. The van der Waals surface area contributed by atoms with Crippen LogP contribution in [-0.4, -0.2) is 51.8 Å². The lowest BCUT2D eigenvalue weighted by molar-refractivity contribution is -0.116. The third-order valence-corrected chi connectivity index (χ3v) is 5.02. The van der Waals surface area contributed by atoms with Crippen LogP contribution in [0.1, 0.15) is 31.0 Å². The lowest BCUT2D eigenvalue weighted by Crippen LogP contribution is -2.37. The summed E-state index contributed by atoms with van der Waals surface area (Å²) in [7, 11) is 4.69. The maximum atomic E-state index is 12.5. The van der Waals surface area contributed by atoms with Crippen LogP contribution in [0.2, 0.25) is 0 Å². The Hall–Kier alpha value is -2.99. The van der Waals surface area contributed by atoms with Crippen LogP contribution in [0.5, 0.6) is 17.2 Å². The lowest BCUT2D eigenvalue weighted by atomic mass is 10.1. The Balaban J connectivity index is 2.11. The smallest absolute Gasteiger partial charge is 0.244 e. The fourth-order valence-electron chi connectivity index (χ4n) is 3.42. The summed E-state index contributed by atoms with van der Waals surface area (Å²) >= 11 is 0. The minimum Gasteiger partial charge on any atom is -0.493 e. The summed E-state index contributed by atoms with van der Waals surface area (Å²) < 4.78 is 16.1. The Morgan fingerprint density at radius 2 is 1.60 bits per heavy atom. The maximum absolute atomic E-state index is 12.5. The zero-order valence-corrected chi connectivity index (χ0v) is 18.5. The van der Waals surface area contributed by atoms with Gasteiger partial charge in [0.15, 0.2) is 11.5 Å². The van der Waals surface area contributed by atoms with Crippen molar-refractivity contribution >= 4 is 12.0 Å². The molecule has 0 heterocycles. The molecule has 1 unspecified atom stereocenters. The van der Waals surface area contributed by atoms with Crippen molar-refractivity contribution in [2.24, 2.45) is 0 Å². The van der Waals surface area contributed by atoms with E-state index in [1.807, 2.05) is 18.2 Å². The molecule has 0 aliphatic carbocycles. The lowest BCUT2D eigenvalue weighted by Gasteiger charge is -2.30. The molecule has 2 aromatic rings. The van der Waals surface area contributed by atoms with Crippen LogP contribution in [0.15, 0.2) is 48.5 Å². The van der Waals surface area contributed by atoms with E-state index in [0.717, 1.165) is 18.7 Å². The highest BCUT2D eigenvalue weighted by atomic mass is 16.5. The summed E-state index contributed by atoms with van der Waals surface area (Å²) in [6.45, 7) is 6.61. The van der Waals surface area contributed by atoms with E-state index in [4.69, 9.17) is 14.2 Å². The van der Waals surface area contributed by atoms with Crippen LogP contribution < -0.4 is 19.5 Å². The number of amides is 1. The van der Waals surface area contributed by atoms with Crippen molar-refractivity contribution < 1.29 is 19.0 Å². The fourth-order valence-corrected chi connectivity index (χ4v) is 3.42. The molecule has 0 saturated carbocycles. The van der Waals surface area contributed by atoms with Crippen LogP contribution in [0.4, 0.5) is 0 Å². The molecule has 0 radical (unpaired) electrons. The molecule has 0 spiro atoms. The number of hydrogen-bond acceptors (Lipinski definition) is 5. The predicted molar refractivity (Wildman–Crippen MR) is 120 cm³/mol. The topological polar surface area (TPSA) is 60.0 Å². The third kappa shape index (κ3) is 6.00. The quantitative estimate of drug-likeness (QED) is 0.567. The van der Waals surface area contributed by atoms with Gasteiger partial charge in [-0.25, -0.2) is 0 Å². The summed E-state index contributed by atoms with van der Waals surface area (Å²) in [6, 6.07) is 14.0. The highest BCUT2D eigenvalue weighted by Gasteiger charge is 2.18. The summed E-state index contributed by atoms with van der Waals surface area (Å²) in [5, 5.41) is 3.03. The minimum absolute atomic E-state index is 0.125. The molecule has 162 valence electrons. The van der Waals surface area contributed by atoms with Gasteiger partial charge in [0.05, 0.1) is 27.4 Å². The zero-order valence-electron chi connectivity index (χ0n) is 18.5. The van der Waals surface area contributed by atoms with E-state index < -0.39 is 0 Å². The van der Waals surface area contributed by atoms with Crippen LogP contribution in [0.3, 0.4) is 0 Å². The molecular formula is C24H32N2O4. The number of nitrogens with zero attached hydrogens (tertiary/aromatic N) is 1. The number of nitrogens with one attached hydrogen (secondary N) is 1. The standard InChI is InChI=1S/C24H32N2O4/c1-6-26(7-2)20(19-11-9-8-10-12-19)17-25-23(27)14-13-18-15-21(28-3)24(30-5)22(16-18)29-4/h8-16,20H,6-7,17H2,1-5H3,(H,25,27)/b14-13+. The predicted octanol–water partition coefficient (Wildman–Crippen LogP) is 3.92. The average molecular weight is 413 g/mol. The number of methoxy groups -OCH3 is 3. The highest BCUT2D eigenvalue weighted by Crippen LogP contribution is 2.38. The van der Waals surface area contributed by atoms with E-state index >= 15 is 0 Å². The monoisotopic (exact) mass is 412 g/mol. The van der Waals surface area contributed by atoms with Gasteiger partial charge < -0.3 is 19.5 Å². The number of carbonyl (C=O) groups excluding carboxylic acids is 1. The number of rotatable bonds is 11. The molecule has 0 aromatic heterocycles. The van der Waals surface area contributed by atoms with Gasteiger partial charge >= 0.3 is 0 Å². The van der Waals surface area contributed by atoms with Crippen LogP contribution in [0, 0.1) is 0 Å². The molecule has 0 aliphatic heterocycles. The Morgan fingerprint density at radius 3 is 2.10 bits per heavy atom. The number of hydrogen-bond donors (Lipinski definition) is 1. The molecule has 0 aliphatic rings. The Bertz CT molecular complexity index is 807. The van der Waals surface area contributed by atoms with Gasteiger partial charge in [-0.15, -0.1) is 0 Å². The first-order chi connectivity index (χ1) is 14.6. The second-order valence-electron chi connectivity index (χ2n) is 6.68. The molecule has 30 heavy (non-hydrogen) atoms. The summed E-state index contributed by atoms with van der Waals surface area (Å²) in [4.78, 5) is 14.8. The number of benzene rings is 2. The van der Waals surface area contributed by atoms with Gasteiger partial charge in [0.1, 0.15) is 0 Å². The van der Waals surface area contributed by atoms with Crippen molar-refractivity contribution in [2.75, 3.05) is 41.0 Å². The van der Waals surface area contributed by atoms with E-state index in [2.05, 4.69) is 36.2 Å². The molecule has 2 rings (SSSR count). The van der Waals surface area contributed by atoms with Crippen molar-refractivity contribution in [3.05, 3.63) is 59.7 Å². The molecule has 6 heteroatoms. The third-order valence-electron chi connectivity index (χ3n) is 5.02. The zero-order chi connectivity index (χ0) is 21.9. The van der Waals surface area contributed by atoms with Crippen molar-refractivity contribution in [1.82, 2.24) is 10.2 Å². The Morgan fingerprint density at radius 1 is 1.00 bits per heavy atom. The minimum atomic E-state index is -0.156. The normalized spacial score (nSPS) is 12.1. The van der Waals surface area contributed by atoms with E-state index in [0.29, 0.717) is 23.8 Å². The number of likely N-dealkylation sites (N-methyl/N-ethyl adjacent to an activating group) is 1. The number of carbonyl (C=O) groups is 1. The largest absolute Gasteiger partial charge is 0.493 e. The van der Waals surface area contributed by atoms with Crippen molar-refractivity contribution in [3.8, 4) is 17.2 Å².